The number of aromatic nitrogens is 3. The Balaban J connectivity index is 1.77. The molecule has 9 heteroatoms. The zero-order chi connectivity index (χ0) is 25.6. The largest absolute Gasteiger partial charge is 0.416 e. The highest BCUT2D eigenvalue weighted by Crippen LogP contribution is 2.32. The van der Waals surface area contributed by atoms with Crippen LogP contribution in [-0.4, -0.2) is 26.3 Å². The number of fused-ring (bicyclic) bond motifs is 2. The van der Waals surface area contributed by atoms with Crippen molar-refractivity contribution >= 4 is 33.9 Å². The molecule has 0 saturated carbocycles. The average molecular weight is 488 g/mol. The van der Waals surface area contributed by atoms with Crippen LogP contribution in [0.1, 0.15) is 28.5 Å². The molecule has 6 nitrogen and oxygen atoms in total. The van der Waals surface area contributed by atoms with Gasteiger partial charge in [-0.25, -0.2) is 4.98 Å². The zero-order valence-corrected chi connectivity index (χ0v) is 19.2. The van der Waals surface area contributed by atoms with Crippen LogP contribution in [-0.2, 0) is 6.18 Å². The van der Waals surface area contributed by atoms with Gasteiger partial charge in [-0.15, -0.1) is 0 Å². The van der Waals surface area contributed by atoms with E-state index in [0.717, 1.165) is 22.2 Å². The fourth-order valence-electron chi connectivity index (χ4n) is 4.33. The monoisotopic (exact) mass is 488 g/mol. The Morgan fingerprint density at radius 3 is 2.39 bits per heavy atom. The number of rotatable bonds is 3. The van der Waals surface area contributed by atoms with E-state index in [2.05, 4.69) is 10.1 Å². The lowest BCUT2D eigenvalue weighted by Gasteiger charge is -2.12. The molecule has 5 aromatic rings. The van der Waals surface area contributed by atoms with Crippen LogP contribution >= 0.6 is 0 Å². The van der Waals surface area contributed by atoms with E-state index in [1.807, 2.05) is 18.2 Å². The van der Waals surface area contributed by atoms with Gasteiger partial charge in [0.15, 0.2) is 5.82 Å². The number of hydrogen-bond donors (Lipinski definition) is 0. The Kier molecular flexibility index (Phi) is 5.55. The summed E-state index contributed by atoms with van der Waals surface area (Å²) in [6, 6.07) is 18.4. The summed E-state index contributed by atoms with van der Waals surface area (Å²) in [6.45, 7) is 3.21. The van der Waals surface area contributed by atoms with Gasteiger partial charge >= 0.3 is 6.18 Å². The van der Waals surface area contributed by atoms with Crippen molar-refractivity contribution in [1.29, 1.82) is 0 Å². The van der Waals surface area contributed by atoms with E-state index < -0.39 is 17.3 Å². The highest BCUT2D eigenvalue weighted by molar-refractivity contribution is 6.05. The van der Waals surface area contributed by atoms with Gasteiger partial charge in [-0.3, -0.25) is 14.2 Å². The maximum absolute atomic E-state index is 13.4. The van der Waals surface area contributed by atoms with Gasteiger partial charge in [-0.2, -0.15) is 22.9 Å². The van der Waals surface area contributed by atoms with Crippen molar-refractivity contribution in [1.82, 2.24) is 14.2 Å². The van der Waals surface area contributed by atoms with E-state index >= 15 is 0 Å². The number of hydrogen-bond acceptors (Lipinski definition) is 4. The highest BCUT2D eigenvalue weighted by atomic mass is 19.4. The molecule has 2 aromatic heterocycles. The second-order valence-electron chi connectivity index (χ2n) is 8.26. The Morgan fingerprint density at radius 2 is 1.67 bits per heavy atom. The Morgan fingerprint density at radius 1 is 0.972 bits per heavy atom. The molecular formula is C27H19F3N4O2. The first kappa shape index (κ1) is 23.2. The average Bonchev–Trinajstić information content (AvgIpc) is 3.14. The summed E-state index contributed by atoms with van der Waals surface area (Å²) in [5.74, 6) is -0.216. The predicted octanol–water partition coefficient (Wildman–Crippen LogP) is 5.89. The molecule has 0 radical (unpaired) electrons. The van der Waals surface area contributed by atoms with Gasteiger partial charge in [0.25, 0.3) is 5.56 Å². The molecule has 0 aliphatic rings. The lowest BCUT2D eigenvalue weighted by molar-refractivity contribution is -0.137. The molecule has 0 unspecified atom stereocenters. The van der Waals surface area contributed by atoms with Crippen molar-refractivity contribution < 1.29 is 18.0 Å². The third kappa shape index (κ3) is 3.88. The van der Waals surface area contributed by atoms with Crippen molar-refractivity contribution in [3.05, 3.63) is 100.0 Å². The molecule has 2 heterocycles. The molecule has 0 aliphatic heterocycles. The topological polar surface area (TPSA) is 69.2 Å². The normalized spacial score (nSPS) is 12.1. The summed E-state index contributed by atoms with van der Waals surface area (Å²) < 4.78 is 42.7. The number of para-hydroxylation sites is 2. The smallest absolute Gasteiger partial charge is 0.284 e. The molecule has 0 atom stereocenters. The minimum absolute atomic E-state index is 0.0333. The van der Waals surface area contributed by atoms with Gasteiger partial charge in [0.2, 0.25) is 5.91 Å². The molecule has 0 bridgehead atoms. The third-order valence-electron chi connectivity index (χ3n) is 5.98. The van der Waals surface area contributed by atoms with Crippen LogP contribution < -0.4 is 5.56 Å². The van der Waals surface area contributed by atoms with E-state index in [1.165, 1.54) is 25.3 Å². The fraction of sp³-hybridized carbons (Fsp3) is 0.111. The van der Waals surface area contributed by atoms with E-state index in [1.54, 1.807) is 41.8 Å². The lowest BCUT2D eigenvalue weighted by Crippen LogP contribution is -2.20. The minimum Gasteiger partial charge on any atom is -0.284 e. The lowest BCUT2D eigenvalue weighted by atomic mass is 10.1. The van der Waals surface area contributed by atoms with Crippen LogP contribution in [0.3, 0.4) is 0 Å². The molecule has 36 heavy (non-hydrogen) atoms. The maximum Gasteiger partial charge on any atom is 0.416 e. The number of halogens is 3. The highest BCUT2D eigenvalue weighted by Gasteiger charge is 2.31. The second kappa shape index (κ2) is 8.60. The van der Waals surface area contributed by atoms with Crippen LogP contribution in [0.15, 0.2) is 82.7 Å². The van der Waals surface area contributed by atoms with Crippen LogP contribution in [0, 0.1) is 6.92 Å². The Bertz CT molecular complexity index is 1750. The quantitative estimate of drug-likeness (QED) is 0.298. The first-order chi connectivity index (χ1) is 17.2. The first-order valence-electron chi connectivity index (χ1n) is 11.0. The van der Waals surface area contributed by atoms with E-state index in [0.29, 0.717) is 22.3 Å². The third-order valence-corrected chi connectivity index (χ3v) is 5.98. The minimum atomic E-state index is -4.56. The van der Waals surface area contributed by atoms with Gasteiger partial charge in [0, 0.05) is 29.1 Å². The molecule has 0 fully saturated rings. The molecule has 3 aromatic carbocycles. The number of nitrogens with zero attached hydrogens (tertiary/aromatic N) is 4. The van der Waals surface area contributed by atoms with Gasteiger partial charge in [-0.05, 0) is 37.3 Å². The molecule has 0 amide bonds. The van der Waals surface area contributed by atoms with E-state index in [4.69, 9.17) is 0 Å². The van der Waals surface area contributed by atoms with Crippen LogP contribution in [0.2, 0.25) is 0 Å². The van der Waals surface area contributed by atoms with Gasteiger partial charge in [0.1, 0.15) is 0 Å². The molecule has 0 spiro atoms. The molecule has 5 rings (SSSR count). The van der Waals surface area contributed by atoms with Crippen molar-refractivity contribution in [2.75, 3.05) is 0 Å². The molecule has 0 aliphatic carbocycles. The summed E-state index contributed by atoms with van der Waals surface area (Å²) in [5, 5.41) is 5.41. The number of carbonyl (C=O) groups is 1. The van der Waals surface area contributed by atoms with E-state index in [-0.39, 0.29) is 22.7 Å². The zero-order valence-electron chi connectivity index (χ0n) is 19.2. The Hall–Kier alpha value is -4.53. The number of benzene rings is 3. The number of alkyl halides is 3. The van der Waals surface area contributed by atoms with Gasteiger partial charge < -0.3 is 0 Å². The van der Waals surface area contributed by atoms with Crippen molar-refractivity contribution in [2.24, 2.45) is 5.10 Å². The SMILES string of the molecule is CC(=O)n1c(C)c(C=Nn2c(-c3cccc(C(F)(F)F)c3)nc3ccccc3c2=O)c2ccccc21. The summed E-state index contributed by atoms with van der Waals surface area (Å²) >= 11 is 0. The molecule has 0 N–H and O–H groups in total. The summed E-state index contributed by atoms with van der Waals surface area (Å²) in [6.07, 6.45) is -3.13. The van der Waals surface area contributed by atoms with Crippen LogP contribution in [0.5, 0.6) is 0 Å². The summed E-state index contributed by atoms with van der Waals surface area (Å²) in [5.41, 5.74) is 0.950. The maximum atomic E-state index is 13.4. The van der Waals surface area contributed by atoms with Crippen molar-refractivity contribution in [3.8, 4) is 11.4 Å². The van der Waals surface area contributed by atoms with Gasteiger partial charge in [-0.1, -0.05) is 42.5 Å². The van der Waals surface area contributed by atoms with Crippen LogP contribution in [0.25, 0.3) is 33.2 Å². The summed E-state index contributed by atoms with van der Waals surface area (Å²) in [7, 11) is 0. The second-order valence-corrected chi connectivity index (χ2v) is 8.26. The van der Waals surface area contributed by atoms with Crippen LogP contribution in [0.4, 0.5) is 13.2 Å². The van der Waals surface area contributed by atoms with E-state index in [9.17, 15) is 22.8 Å². The fourth-order valence-corrected chi connectivity index (χ4v) is 4.33. The van der Waals surface area contributed by atoms with Crippen molar-refractivity contribution in [3.63, 3.8) is 0 Å². The Labute approximate surface area is 202 Å². The molecular weight excluding hydrogens is 469 g/mol. The first-order valence-corrected chi connectivity index (χ1v) is 11.0. The molecule has 0 saturated heterocycles. The predicted molar refractivity (Wildman–Crippen MR) is 132 cm³/mol. The molecule has 180 valence electrons. The summed E-state index contributed by atoms with van der Waals surface area (Å²) in [4.78, 5) is 30.2. The standard InChI is InChI=1S/C27H19F3N4O2/c1-16-22(20-10-4-6-13-24(20)33(16)17(2)35)15-31-34-25(18-8-7-9-19(14-18)27(28,29)30)32-23-12-5-3-11-21(23)26(34)36/h3-15H,1-2H3. The number of carbonyl (C=O) groups excluding carboxylic acids is 1. The van der Waals surface area contributed by atoms with Gasteiger partial charge in [0.05, 0.1) is 28.2 Å². The van der Waals surface area contributed by atoms with Crippen molar-refractivity contribution in [2.45, 2.75) is 20.0 Å².